The van der Waals surface area contributed by atoms with Crippen LogP contribution in [0.1, 0.15) is 27.0 Å². The lowest BCUT2D eigenvalue weighted by molar-refractivity contribution is 0.103. The van der Waals surface area contributed by atoms with Gasteiger partial charge in [-0.05, 0) is 43.2 Å². The van der Waals surface area contributed by atoms with Crippen molar-refractivity contribution >= 4 is 21.7 Å². The Labute approximate surface area is 121 Å². The Morgan fingerprint density at radius 3 is 2.47 bits per heavy atom. The second-order valence-electron chi connectivity index (χ2n) is 4.47. The molecule has 2 nitrogen and oxygen atoms in total. The van der Waals surface area contributed by atoms with Gasteiger partial charge in [-0.15, -0.1) is 0 Å². The van der Waals surface area contributed by atoms with Gasteiger partial charge in [-0.3, -0.25) is 4.79 Å². The average molecular weight is 319 g/mol. The van der Waals surface area contributed by atoms with Gasteiger partial charge in [-0.2, -0.15) is 0 Å². The number of halogens is 1. The zero-order valence-electron chi connectivity index (χ0n) is 11.2. The molecule has 0 spiro atoms. The van der Waals surface area contributed by atoms with E-state index in [2.05, 4.69) is 15.9 Å². The lowest BCUT2D eigenvalue weighted by Gasteiger charge is -2.13. The minimum Gasteiger partial charge on any atom is -0.496 e. The van der Waals surface area contributed by atoms with Crippen molar-refractivity contribution in [3.63, 3.8) is 0 Å². The van der Waals surface area contributed by atoms with E-state index in [4.69, 9.17) is 4.74 Å². The molecule has 0 aromatic heterocycles. The fourth-order valence-corrected chi connectivity index (χ4v) is 2.63. The van der Waals surface area contributed by atoms with E-state index in [1.165, 1.54) is 0 Å². The number of hydrogen-bond acceptors (Lipinski definition) is 2. The monoisotopic (exact) mass is 318 g/mol. The third-order valence-electron chi connectivity index (χ3n) is 3.01. The summed E-state index contributed by atoms with van der Waals surface area (Å²) in [5, 5.41) is 0. The molecule has 0 fully saturated rings. The number of ether oxygens (including phenoxy) is 1. The third kappa shape index (κ3) is 2.71. The van der Waals surface area contributed by atoms with E-state index in [9.17, 15) is 4.79 Å². The quantitative estimate of drug-likeness (QED) is 0.788. The molecule has 0 saturated heterocycles. The molecule has 2 aromatic rings. The molecule has 0 atom stereocenters. The molecule has 0 unspecified atom stereocenters. The van der Waals surface area contributed by atoms with Gasteiger partial charge in [0, 0.05) is 10.0 Å². The summed E-state index contributed by atoms with van der Waals surface area (Å²) in [5.41, 5.74) is 3.28. The van der Waals surface area contributed by atoms with Crippen LogP contribution in [0.15, 0.2) is 40.9 Å². The van der Waals surface area contributed by atoms with E-state index in [1.54, 1.807) is 7.11 Å². The van der Waals surface area contributed by atoms with Gasteiger partial charge < -0.3 is 4.74 Å². The van der Waals surface area contributed by atoms with Gasteiger partial charge in [0.1, 0.15) is 5.75 Å². The molecule has 2 rings (SSSR count). The van der Waals surface area contributed by atoms with Gasteiger partial charge in [0.25, 0.3) is 0 Å². The maximum atomic E-state index is 12.7. The molecule has 0 aliphatic rings. The van der Waals surface area contributed by atoms with E-state index in [0.717, 1.165) is 15.6 Å². The minimum atomic E-state index is -0.0261. The Morgan fingerprint density at radius 2 is 1.84 bits per heavy atom. The van der Waals surface area contributed by atoms with Gasteiger partial charge in [0.05, 0.1) is 12.7 Å². The summed E-state index contributed by atoms with van der Waals surface area (Å²) >= 11 is 3.42. The van der Waals surface area contributed by atoms with Crippen molar-refractivity contribution < 1.29 is 9.53 Å². The summed E-state index contributed by atoms with van der Waals surface area (Å²) in [7, 11) is 1.59. The Kier molecular flexibility index (Phi) is 4.05. The predicted octanol–water partition coefficient (Wildman–Crippen LogP) is 4.31. The molecule has 0 saturated carbocycles. The zero-order valence-corrected chi connectivity index (χ0v) is 12.7. The van der Waals surface area contributed by atoms with Crippen LogP contribution in [-0.2, 0) is 0 Å². The van der Waals surface area contributed by atoms with Crippen molar-refractivity contribution in [3.05, 3.63) is 63.1 Å². The van der Waals surface area contributed by atoms with Gasteiger partial charge in [-0.1, -0.05) is 34.1 Å². The predicted molar refractivity (Wildman–Crippen MR) is 80.0 cm³/mol. The van der Waals surface area contributed by atoms with E-state index in [-0.39, 0.29) is 5.78 Å². The lowest BCUT2D eigenvalue weighted by atomic mass is 9.96. The van der Waals surface area contributed by atoms with Gasteiger partial charge in [0.15, 0.2) is 5.78 Å². The lowest BCUT2D eigenvalue weighted by Crippen LogP contribution is -2.07. The van der Waals surface area contributed by atoms with Crippen LogP contribution in [0.3, 0.4) is 0 Å². The van der Waals surface area contributed by atoms with Crippen LogP contribution in [0, 0.1) is 13.8 Å². The highest BCUT2D eigenvalue weighted by molar-refractivity contribution is 9.10. The first-order valence-corrected chi connectivity index (χ1v) is 6.78. The van der Waals surface area contributed by atoms with E-state index >= 15 is 0 Å². The molecule has 98 valence electrons. The molecular formula is C16H15BrO2. The maximum absolute atomic E-state index is 12.7. The highest BCUT2D eigenvalue weighted by atomic mass is 79.9. The third-order valence-corrected chi connectivity index (χ3v) is 3.70. The van der Waals surface area contributed by atoms with Crippen LogP contribution < -0.4 is 4.74 Å². The maximum Gasteiger partial charge on any atom is 0.198 e. The Balaban J connectivity index is 2.59. The summed E-state index contributed by atoms with van der Waals surface area (Å²) in [6.45, 7) is 3.92. The molecule has 0 aliphatic carbocycles. The number of carbonyl (C=O) groups is 1. The number of benzene rings is 2. The number of methoxy groups -OCH3 is 1. The van der Waals surface area contributed by atoms with Crippen molar-refractivity contribution in [3.8, 4) is 5.75 Å². The second kappa shape index (κ2) is 5.57. The molecule has 0 heterocycles. The first-order chi connectivity index (χ1) is 9.04. The SMILES string of the molecule is COc1cc(C)cc(C)c1C(=O)c1ccccc1Br. The summed E-state index contributed by atoms with van der Waals surface area (Å²) in [5.74, 6) is 0.597. The molecule has 0 radical (unpaired) electrons. The summed E-state index contributed by atoms with van der Waals surface area (Å²) < 4.78 is 6.15. The normalized spacial score (nSPS) is 10.3. The van der Waals surface area contributed by atoms with Crippen molar-refractivity contribution in [1.82, 2.24) is 0 Å². The standard InChI is InChI=1S/C16H15BrO2/c1-10-8-11(2)15(14(9-10)19-3)16(18)12-6-4-5-7-13(12)17/h4-9H,1-3H3. The largest absolute Gasteiger partial charge is 0.496 e. The molecule has 0 bridgehead atoms. The van der Waals surface area contributed by atoms with Crippen molar-refractivity contribution in [2.45, 2.75) is 13.8 Å². The van der Waals surface area contributed by atoms with Gasteiger partial charge in [0.2, 0.25) is 0 Å². The number of hydrogen-bond donors (Lipinski definition) is 0. The second-order valence-corrected chi connectivity index (χ2v) is 5.32. The number of carbonyl (C=O) groups excluding carboxylic acids is 1. The van der Waals surface area contributed by atoms with Crippen LogP contribution in [-0.4, -0.2) is 12.9 Å². The van der Waals surface area contributed by atoms with Crippen molar-refractivity contribution in [1.29, 1.82) is 0 Å². The Morgan fingerprint density at radius 1 is 1.16 bits per heavy atom. The topological polar surface area (TPSA) is 26.3 Å². The zero-order chi connectivity index (χ0) is 14.0. The number of ketones is 1. The fourth-order valence-electron chi connectivity index (χ4n) is 2.16. The molecule has 0 amide bonds. The smallest absolute Gasteiger partial charge is 0.198 e. The molecular weight excluding hydrogens is 304 g/mol. The summed E-state index contributed by atoms with van der Waals surface area (Å²) in [6.07, 6.45) is 0. The molecule has 0 N–H and O–H groups in total. The van der Waals surface area contributed by atoms with Gasteiger partial charge in [-0.25, -0.2) is 0 Å². The van der Waals surface area contributed by atoms with Crippen LogP contribution in [0.5, 0.6) is 5.75 Å². The first-order valence-electron chi connectivity index (χ1n) is 5.99. The Hall–Kier alpha value is -1.61. The number of rotatable bonds is 3. The Bertz CT molecular complexity index is 633. The van der Waals surface area contributed by atoms with Crippen molar-refractivity contribution in [2.75, 3.05) is 7.11 Å². The highest BCUT2D eigenvalue weighted by Crippen LogP contribution is 2.29. The van der Waals surface area contributed by atoms with Crippen molar-refractivity contribution in [2.24, 2.45) is 0 Å². The molecule has 2 aromatic carbocycles. The summed E-state index contributed by atoms with van der Waals surface area (Å²) in [6, 6.07) is 11.3. The van der Waals surface area contributed by atoms with E-state index in [0.29, 0.717) is 16.9 Å². The van der Waals surface area contributed by atoms with Crippen LogP contribution in [0.25, 0.3) is 0 Å². The van der Waals surface area contributed by atoms with Crippen LogP contribution in [0.4, 0.5) is 0 Å². The molecule has 19 heavy (non-hydrogen) atoms. The average Bonchev–Trinajstić information content (AvgIpc) is 2.37. The molecule has 0 aliphatic heterocycles. The van der Waals surface area contributed by atoms with E-state index < -0.39 is 0 Å². The van der Waals surface area contributed by atoms with E-state index in [1.807, 2.05) is 50.2 Å². The minimum absolute atomic E-state index is 0.0261. The highest BCUT2D eigenvalue weighted by Gasteiger charge is 2.19. The fraction of sp³-hybridized carbons (Fsp3) is 0.188. The van der Waals surface area contributed by atoms with Crippen LogP contribution in [0.2, 0.25) is 0 Å². The number of aryl methyl sites for hydroxylation is 2. The molecule has 3 heteroatoms. The first kappa shape index (κ1) is 13.8. The van der Waals surface area contributed by atoms with Gasteiger partial charge >= 0.3 is 0 Å². The van der Waals surface area contributed by atoms with Crippen LogP contribution >= 0.6 is 15.9 Å². The summed E-state index contributed by atoms with van der Waals surface area (Å²) in [4.78, 5) is 12.7.